The molecule has 1 aromatic heterocycles. The van der Waals surface area contributed by atoms with Gasteiger partial charge in [-0.05, 0) is 74.5 Å². The van der Waals surface area contributed by atoms with E-state index in [1.807, 2.05) is 11.8 Å². The number of carbonyl (C=O) groups is 1. The smallest absolute Gasteiger partial charge is 0.247 e. The Balaban J connectivity index is 2.22. The lowest BCUT2D eigenvalue weighted by Gasteiger charge is -2.25. The van der Waals surface area contributed by atoms with Gasteiger partial charge in [-0.25, -0.2) is 4.68 Å². The van der Waals surface area contributed by atoms with Gasteiger partial charge in [-0.2, -0.15) is 5.10 Å². The third kappa shape index (κ3) is 2.54. The second-order valence-electron chi connectivity index (χ2n) is 4.54. The highest BCUT2D eigenvalue weighted by Gasteiger charge is 2.31. The molecule has 4 nitrogen and oxygen atoms in total. The quantitative estimate of drug-likeness (QED) is 0.698. The van der Waals surface area contributed by atoms with Crippen molar-refractivity contribution in [2.24, 2.45) is 0 Å². The predicted octanol–water partition coefficient (Wildman–Crippen LogP) is 3.74. The van der Waals surface area contributed by atoms with E-state index in [1.54, 1.807) is 4.68 Å². The third-order valence-electron chi connectivity index (χ3n) is 3.32. The van der Waals surface area contributed by atoms with Gasteiger partial charge in [0.25, 0.3) is 0 Å². The van der Waals surface area contributed by atoms with Crippen LogP contribution in [0.15, 0.2) is 13.7 Å². The van der Waals surface area contributed by atoms with E-state index in [0.717, 1.165) is 28.5 Å². The number of hydrogen-bond acceptors (Lipinski definition) is 2. The molecule has 1 fully saturated rings. The van der Waals surface area contributed by atoms with Gasteiger partial charge in [0.2, 0.25) is 5.91 Å². The lowest BCUT2D eigenvalue weighted by Crippen LogP contribution is -2.38. The average molecular weight is 444 g/mol. The number of aromatic nitrogens is 2. The number of hydrogen-bond donors (Lipinski definition) is 0. The lowest BCUT2D eigenvalue weighted by atomic mass is 10.2. The molecule has 0 bridgehead atoms. The van der Waals surface area contributed by atoms with Crippen LogP contribution in [0, 0.1) is 0 Å². The fraction of sp³-hybridized carbons (Fsp3) is 0.636. The molecular formula is C11H14Br3N3O. The van der Waals surface area contributed by atoms with Crippen molar-refractivity contribution in [1.29, 1.82) is 0 Å². The second-order valence-corrected chi connectivity index (χ2v) is 6.83. The summed E-state index contributed by atoms with van der Waals surface area (Å²) in [5.41, 5.74) is 0. The van der Waals surface area contributed by atoms with E-state index in [4.69, 9.17) is 0 Å². The first-order valence-electron chi connectivity index (χ1n) is 5.83. The summed E-state index contributed by atoms with van der Waals surface area (Å²) < 4.78 is 4.00. The first kappa shape index (κ1) is 14.5. The summed E-state index contributed by atoms with van der Waals surface area (Å²) in [6.07, 6.45) is 2.18. The molecule has 100 valence electrons. The van der Waals surface area contributed by atoms with Crippen molar-refractivity contribution in [3.63, 3.8) is 0 Å². The highest BCUT2D eigenvalue weighted by Crippen LogP contribution is 2.33. The molecule has 1 amide bonds. The van der Waals surface area contributed by atoms with Crippen LogP contribution >= 0.6 is 47.8 Å². The average Bonchev–Trinajstić information content (AvgIpc) is 2.87. The molecule has 7 heteroatoms. The highest BCUT2D eigenvalue weighted by molar-refractivity contribution is 9.14. The molecule has 0 N–H and O–H groups in total. The largest absolute Gasteiger partial charge is 0.338 e. The van der Waals surface area contributed by atoms with Crippen molar-refractivity contribution >= 4 is 53.7 Å². The SMILES string of the molecule is CC1CCCN1C(=O)C(C)n1nc(Br)c(Br)c1Br. The summed E-state index contributed by atoms with van der Waals surface area (Å²) >= 11 is 10.2. The molecule has 1 aliphatic rings. The van der Waals surface area contributed by atoms with Crippen molar-refractivity contribution in [2.45, 2.75) is 38.8 Å². The summed E-state index contributed by atoms with van der Waals surface area (Å²) in [5.74, 6) is 0.128. The van der Waals surface area contributed by atoms with Crippen molar-refractivity contribution in [2.75, 3.05) is 6.54 Å². The van der Waals surface area contributed by atoms with Crippen molar-refractivity contribution in [3.8, 4) is 0 Å². The molecule has 1 aromatic rings. The van der Waals surface area contributed by atoms with E-state index in [-0.39, 0.29) is 11.9 Å². The van der Waals surface area contributed by atoms with Crippen LogP contribution in [0.25, 0.3) is 0 Å². The van der Waals surface area contributed by atoms with E-state index < -0.39 is 0 Å². The molecule has 2 heterocycles. The zero-order valence-corrected chi connectivity index (χ0v) is 14.9. The van der Waals surface area contributed by atoms with Crippen LogP contribution in [0.4, 0.5) is 0 Å². The van der Waals surface area contributed by atoms with Crippen LogP contribution in [0.3, 0.4) is 0 Å². The molecular weight excluding hydrogens is 430 g/mol. The van der Waals surface area contributed by atoms with Crippen LogP contribution in [-0.2, 0) is 4.79 Å². The summed E-state index contributed by atoms with van der Waals surface area (Å²) in [7, 11) is 0. The van der Waals surface area contributed by atoms with E-state index in [2.05, 4.69) is 59.8 Å². The van der Waals surface area contributed by atoms with E-state index in [9.17, 15) is 4.79 Å². The standard InChI is InChI=1S/C11H14Br3N3O/c1-6-4-3-5-16(6)11(18)7(2)17-10(14)8(12)9(13)15-17/h6-7H,3-5H2,1-2H3. The monoisotopic (exact) mass is 441 g/mol. The minimum absolute atomic E-state index is 0.128. The van der Waals surface area contributed by atoms with Crippen LogP contribution in [-0.4, -0.2) is 33.2 Å². The normalized spacial score (nSPS) is 21.4. The number of likely N-dealkylation sites (tertiary alicyclic amines) is 1. The van der Waals surface area contributed by atoms with Gasteiger partial charge in [-0.3, -0.25) is 4.79 Å². The van der Waals surface area contributed by atoms with E-state index in [1.165, 1.54) is 0 Å². The Kier molecular flexibility index (Phi) is 4.54. The van der Waals surface area contributed by atoms with Crippen LogP contribution < -0.4 is 0 Å². The maximum atomic E-state index is 12.4. The van der Waals surface area contributed by atoms with Crippen molar-refractivity contribution < 1.29 is 4.79 Å². The number of nitrogens with zero attached hydrogens (tertiary/aromatic N) is 3. The van der Waals surface area contributed by atoms with Crippen molar-refractivity contribution in [3.05, 3.63) is 13.7 Å². The Morgan fingerprint density at radius 1 is 1.44 bits per heavy atom. The Bertz CT molecular complexity index is 474. The molecule has 2 atom stereocenters. The Morgan fingerprint density at radius 3 is 2.56 bits per heavy atom. The fourth-order valence-electron chi connectivity index (χ4n) is 2.23. The molecule has 0 saturated carbocycles. The van der Waals surface area contributed by atoms with Crippen molar-refractivity contribution in [1.82, 2.24) is 14.7 Å². The topological polar surface area (TPSA) is 38.1 Å². The van der Waals surface area contributed by atoms with Gasteiger partial charge in [-0.15, -0.1) is 0 Å². The minimum atomic E-state index is -0.303. The zero-order chi connectivity index (χ0) is 13.4. The predicted molar refractivity (Wildman–Crippen MR) is 80.4 cm³/mol. The molecule has 2 rings (SSSR count). The highest BCUT2D eigenvalue weighted by atomic mass is 79.9. The second kappa shape index (κ2) is 5.63. The molecule has 0 radical (unpaired) electrons. The number of amides is 1. The molecule has 0 aromatic carbocycles. The number of carbonyl (C=O) groups excluding carboxylic acids is 1. The van der Waals surface area contributed by atoms with Gasteiger partial charge in [-0.1, -0.05) is 0 Å². The van der Waals surface area contributed by atoms with Gasteiger partial charge in [0.05, 0.1) is 4.47 Å². The van der Waals surface area contributed by atoms with Crippen LogP contribution in [0.1, 0.15) is 32.7 Å². The van der Waals surface area contributed by atoms with Crippen LogP contribution in [0.5, 0.6) is 0 Å². The Labute approximate surface area is 131 Å². The summed E-state index contributed by atoms with van der Waals surface area (Å²) in [4.78, 5) is 14.4. The first-order valence-corrected chi connectivity index (χ1v) is 8.21. The van der Waals surface area contributed by atoms with Gasteiger partial charge in [0.15, 0.2) is 0 Å². The fourth-order valence-corrected chi connectivity index (χ4v) is 3.69. The first-order chi connectivity index (χ1) is 8.43. The maximum Gasteiger partial charge on any atom is 0.247 e. The maximum absolute atomic E-state index is 12.4. The lowest BCUT2D eigenvalue weighted by molar-refractivity contribution is -0.135. The number of halogens is 3. The molecule has 18 heavy (non-hydrogen) atoms. The summed E-state index contributed by atoms with van der Waals surface area (Å²) in [6.45, 7) is 4.83. The minimum Gasteiger partial charge on any atom is -0.338 e. The zero-order valence-electron chi connectivity index (χ0n) is 10.2. The van der Waals surface area contributed by atoms with E-state index in [0.29, 0.717) is 10.6 Å². The molecule has 1 saturated heterocycles. The van der Waals surface area contributed by atoms with Gasteiger partial charge in [0, 0.05) is 12.6 Å². The molecule has 2 unspecified atom stereocenters. The summed E-state index contributed by atoms with van der Waals surface area (Å²) in [6, 6.07) is 0.0312. The third-order valence-corrected chi connectivity index (χ3v) is 6.45. The molecule has 0 aliphatic carbocycles. The molecule has 0 spiro atoms. The van der Waals surface area contributed by atoms with Gasteiger partial charge in [0.1, 0.15) is 15.2 Å². The Morgan fingerprint density at radius 2 is 2.11 bits per heavy atom. The van der Waals surface area contributed by atoms with Gasteiger partial charge >= 0.3 is 0 Å². The number of rotatable bonds is 2. The molecule has 1 aliphatic heterocycles. The van der Waals surface area contributed by atoms with Gasteiger partial charge < -0.3 is 4.90 Å². The van der Waals surface area contributed by atoms with E-state index >= 15 is 0 Å². The summed E-state index contributed by atoms with van der Waals surface area (Å²) in [5, 5.41) is 4.32. The van der Waals surface area contributed by atoms with Crippen LogP contribution in [0.2, 0.25) is 0 Å². The Hall–Kier alpha value is 0.120.